The predicted molar refractivity (Wildman–Crippen MR) is 124 cm³/mol. The van der Waals surface area contributed by atoms with Crippen molar-refractivity contribution in [2.24, 2.45) is 0 Å². The summed E-state index contributed by atoms with van der Waals surface area (Å²) in [7, 11) is 0. The summed E-state index contributed by atoms with van der Waals surface area (Å²) < 4.78 is 52.5. The lowest BCUT2D eigenvalue weighted by Gasteiger charge is -2.38. The van der Waals surface area contributed by atoms with Gasteiger partial charge in [-0.05, 0) is 67.8 Å². The van der Waals surface area contributed by atoms with E-state index < -0.39 is 17.6 Å². The van der Waals surface area contributed by atoms with Crippen LogP contribution in [-0.2, 0) is 12.7 Å². The molecule has 0 radical (unpaired) electrons. The molecule has 0 spiro atoms. The molecule has 1 amide bonds. The van der Waals surface area contributed by atoms with Gasteiger partial charge in [-0.1, -0.05) is 35.9 Å². The summed E-state index contributed by atoms with van der Waals surface area (Å²) in [6, 6.07) is 18.6. The van der Waals surface area contributed by atoms with E-state index in [1.807, 2.05) is 31.2 Å². The van der Waals surface area contributed by atoms with Crippen LogP contribution in [0, 0.1) is 12.7 Å². The van der Waals surface area contributed by atoms with Crippen molar-refractivity contribution in [2.45, 2.75) is 38.5 Å². The van der Waals surface area contributed by atoms with E-state index in [0.29, 0.717) is 43.6 Å². The number of nitrogens with zero attached hydrogens (tertiary/aromatic N) is 2. The zero-order valence-corrected chi connectivity index (χ0v) is 18.9. The van der Waals surface area contributed by atoms with Gasteiger partial charge < -0.3 is 4.90 Å². The second-order valence-corrected chi connectivity index (χ2v) is 8.72. The van der Waals surface area contributed by atoms with Crippen molar-refractivity contribution in [3.05, 3.63) is 101 Å². The Morgan fingerprint density at radius 3 is 2.24 bits per heavy atom. The number of carbonyl (C=O) groups is 1. The van der Waals surface area contributed by atoms with Crippen molar-refractivity contribution in [1.29, 1.82) is 0 Å². The maximum absolute atomic E-state index is 13.4. The molecule has 0 aromatic heterocycles. The molecule has 3 nitrogen and oxygen atoms in total. The standard InChI is InChI=1S/C27H26F4N2O/c1-19-5-11-24(12-6-19)33(26(34)21-7-9-23(28)10-8-21)25-13-15-32(16-14-25)18-20-3-2-4-22(17-20)27(29,30)31/h2-12,17,25H,13-16,18H2,1H3. The van der Waals surface area contributed by atoms with E-state index in [4.69, 9.17) is 0 Å². The molecular formula is C27H26F4N2O. The van der Waals surface area contributed by atoms with Gasteiger partial charge in [-0.3, -0.25) is 9.69 Å². The molecule has 34 heavy (non-hydrogen) atoms. The van der Waals surface area contributed by atoms with E-state index in [9.17, 15) is 22.4 Å². The van der Waals surface area contributed by atoms with Crippen molar-refractivity contribution < 1.29 is 22.4 Å². The number of amides is 1. The summed E-state index contributed by atoms with van der Waals surface area (Å²) in [5, 5.41) is 0. The van der Waals surface area contributed by atoms with Gasteiger partial charge >= 0.3 is 6.18 Å². The highest BCUT2D eigenvalue weighted by molar-refractivity contribution is 6.06. The molecule has 0 atom stereocenters. The van der Waals surface area contributed by atoms with Gasteiger partial charge in [0.15, 0.2) is 0 Å². The minimum Gasteiger partial charge on any atom is -0.305 e. The Labute approximate surface area is 196 Å². The fourth-order valence-corrected chi connectivity index (χ4v) is 4.37. The van der Waals surface area contributed by atoms with E-state index in [0.717, 1.165) is 17.3 Å². The van der Waals surface area contributed by atoms with Crippen LogP contribution in [0.5, 0.6) is 0 Å². The highest BCUT2D eigenvalue weighted by Crippen LogP contribution is 2.31. The first-order valence-corrected chi connectivity index (χ1v) is 11.2. The van der Waals surface area contributed by atoms with Gasteiger partial charge in [0.1, 0.15) is 5.82 Å². The number of anilines is 1. The number of rotatable bonds is 5. The Morgan fingerprint density at radius 1 is 0.971 bits per heavy atom. The lowest BCUT2D eigenvalue weighted by Crippen LogP contribution is -2.47. The first-order chi connectivity index (χ1) is 16.2. The Kier molecular flexibility index (Phi) is 7.03. The molecule has 1 aliphatic heterocycles. The normalized spacial score (nSPS) is 15.3. The molecular weight excluding hydrogens is 444 g/mol. The topological polar surface area (TPSA) is 23.6 Å². The number of hydrogen-bond acceptors (Lipinski definition) is 2. The average Bonchev–Trinajstić information content (AvgIpc) is 2.81. The quantitative estimate of drug-likeness (QED) is 0.400. The largest absolute Gasteiger partial charge is 0.416 e. The number of likely N-dealkylation sites (tertiary alicyclic amines) is 1. The van der Waals surface area contributed by atoms with Crippen LogP contribution in [0.3, 0.4) is 0 Å². The molecule has 7 heteroatoms. The fourth-order valence-electron chi connectivity index (χ4n) is 4.37. The van der Waals surface area contributed by atoms with E-state index in [2.05, 4.69) is 4.90 Å². The van der Waals surface area contributed by atoms with Crippen molar-refractivity contribution in [3.63, 3.8) is 0 Å². The van der Waals surface area contributed by atoms with Crippen molar-refractivity contribution in [3.8, 4) is 0 Å². The molecule has 3 aromatic rings. The van der Waals surface area contributed by atoms with Gasteiger partial charge in [0, 0.05) is 36.9 Å². The third-order valence-electron chi connectivity index (χ3n) is 6.20. The Morgan fingerprint density at radius 2 is 1.62 bits per heavy atom. The number of halogens is 4. The first kappa shape index (κ1) is 24.0. The lowest BCUT2D eigenvalue weighted by atomic mass is 9.99. The van der Waals surface area contributed by atoms with Crippen molar-refractivity contribution in [1.82, 2.24) is 4.90 Å². The second-order valence-electron chi connectivity index (χ2n) is 8.72. The van der Waals surface area contributed by atoms with Crippen LogP contribution >= 0.6 is 0 Å². The number of hydrogen-bond donors (Lipinski definition) is 0. The van der Waals surface area contributed by atoms with Crippen LogP contribution in [0.2, 0.25) is 0 Å². The van der Waals surface area contributed by atoms with Crippen LogP contribution in [0.4, 0.5) is 23.2 Å². The minimum absolute atomic E-state index is 0.0713. The van der Waals surface area contributed by atoms with Crippen LogP contribution in [0.25, 0.3) is 0 Å². The van der Waals surface area contributed by atoms with Crippen molar-refractivity contribution >= 4 is 11.6 Å². The number of alkyl halides is 3. The third kappa shape index (κ3) is 5.65. The van der Waals surface area contributed by atoms with E-state index in [-0.39, 0.29) is 11.9 Å². The van der Waals surface area contributed by atoms with E-state index in [1.165, 1.54) is 36.4 Å². The molecule has 0 saturated carbocycles. The third-order valence-corrected chi connectivity index (χ3v) is 6.20. The molecule has 1 aliphatic rings. The highest BCUT2D eigenvalue weighted by Gasteiger charge is 2.32. The van der Waals surface area contributed by atoms with Gasteiger partial charge in [-0.25, -0.2) is 4.39 Å². The number of aryl methyl sites for hydroxylation is 1. The first-order valence-electron chi connectivity index (χ1n) is 11.2. The second kappa shape index (κ2) is 9.97. The van der Waals surface area contributed by atoms with Crippen LogP contribution in [0.15, 0.2) is 72.8 Å². The summed E-state index contributed by atoms with van der Waals surface area (Å²) in [6.45, 7) is 3.70. The molecule has 1 heterocycles. The molecule has 0 unspecified atom stereocenters. The molecule has 1 saturated heterocycles. The maximum Gasteiger partial charge on any atom is 0.416 e. The monoisotopic (exact) mass is 470 g/mol. The molecule has 178 valence electrons. The van der Waals surface area contributed by atoms with Crippen LogP contribution in [0.1, 0.15) is 39.9 Å². The summed E-state index contributed by atoms with van der Waals surface area (Å²) in [4.78, 5) is 17.3. The van der Waals surface area contributed by atoms with E-state index in [1.54, 1.807) is 11.0 Å². The van der Waals surface area contributed by atoms with Crippen LogP contribution < -0.4 is 4.90 Å². The van der Waals surface area contributed by atoms with Gasteiger partial charge in [0.2, 0.25) is 0 Å². The smallest absolute Gasteiger partial charge is 0.305 e. The predicted octanol–water partition coefficient (Wildman–Crippen LogP) is 6.46. The SMILES string of the molecule is Cc1ccc(N(C(=O)c2ccc(F)cc2)C2CCN(Cc3cccc(C(F)(F)F)c3)CC2)cc1. The van der Waals surface area contributed by atoms with Gasteiger partial charge in [0.05, 0.1) is 5.56 Å². The van der Waals surface area contributed by atoms with E-state index >= 15 is 0 Å². The summed E-state index contributed by atoms with van der Waals surface area (Å²) >= 11 is 0. The molecule has 3 aromatic carbocycles. The van der Waals surface area contributed by atoms with Gasteiger partial charge in [-0.2, -0.15) is 13.2 Å². The fraction of sp³-hybridized carbons (Fsp3) is 0.296. The lowest BCUT2D eigenvalue weighted by molar-refractivity contribution is -0.137. The Bertz CT molecular complexity index is 1120. The summed E-state index contributed by atoms with van der Waals surface area (Å²) in [5.74, 6) is -0.596. The Balaban J connectivity index is 1.49. The molecule has 1 fully saturated rings. The summed E-state index contributed by atoms with van der Waals surface area (Å²) in [6.07, 6.45) is -3.00. The molecule has 4 rings (SSSR count). The molecule has 0 N–H and O–H groups in total. The number of piperidine rings is 1. The maximum atomic E-state index is 13.4. The average molecular weight is 471 g/mol. The van der Waals surface area contributed by atoms with Gasteiger partial charge in [-0.15, -0.1) is 0 Å². The highest BCUT2D eigenvalue weighted by atomic mass is 19.4. The molecule has 0 aliphatic carbocycles. The minimum atomic E-state index is -4.36. The van der Waals surface area contributed by atoms with Crippen molar-refractivity contribution in [2.75, 3.05) is 18.0 Å². The number of benzene rings is 3. The summed E-state index contributed by atoms with van der Waals surface area (Å²) in [5.41, 5.74) is 2.24. The zero-order valence-electron chi connectivity index (χ0n) is 18.9. The van der Waals surface area contributed by atoms with Crippen LogP contribution in [-0.4, -0.2) is 29.9 Å². The zero-order chi connectivity index (χ0) is 24.3. The molecule has 0 bridgehead atoms. The number of carbonyl (C=O) groups excluding carboxylic acids is 1. The Hall–Kier alpha value is -3.19. The van der Waals surface area contributed by atoms with Gasteiger partial charge in [0.25, 0.3) is 5.91 Å².